The summed E-state index contributed by atoms with van der Waals surface area (Å²) >= 11 is 6.45. The highest BCUT2D eigenvalue weighted by molar-refractivity contribution is 6.32. The van der Waals surface area contributed by atoms with Gasteiger partial charge in [-0.2, -0.15) is 0 Å². The van der Waals surface area contributed by atoms with Gasteiger partial charge in [0.25, 0.3) is 5.56 Å². The predicted octanol–water partition coefficient (Wildman–Crippen LogP) is 3.12. The number of anilines is 1. The topological polar surface area (TPSA) is 105 Å². The Balaban J connectivity index is 1.80. The summed E-state index contributed by atoms with van der Waals surface area (Å²) < 4.78 is 3.33. The van der Waals surface area contributed by atoms with Crippen LogP contribution in [0.1, 0.15) is 11.4 Å². The molecule has 0 radical (unpaired) electrons. The molecule has 2 N–H and O–H groups in total. The van der Waals surface area contributed by atoms with Crippen LogP contribution in [0, 0.1) is 6.92 Å². The fourth-order valence-electron chi connectivity index (χ4n) is 3.60. The minimum absolute atomic E-state index is 0.181. The van der Waals surface area contributed by atoms with Gasteiger partial charge in [-0.15, -0.1) is 0 Å². The Bertz CT molecular complexity index is 1490. The average molecular weight is 418 g/mol. The molecule has 0 spiro atoms. The average Bonchev–Trinajstić information content (AvgIpc) is 3.13. The lowest BCUT2D eigenvalue weighted by Gasteiger charge is -2.16. The van der Waals surface area contributed by atoms with Gasteiger partial charge in [-0.1, -0.05) is 35.9 Å². The molecule has 5 rings (SSSR count). The van der Waals surface area contributed by atoms with Crippen LogP contribution in [0.15, 0.2) is 59.9 Å². The molecule has 3 heterocycles. The Labute approximate surface area is 175 Å². The predicted molar refractivity (Wildman–Crippen MR) is 116 cm³/mol. The van der Waals surface area contributed by atoms with Crippen LogP contribution in [0.5, 0.6) is 0 Å². The number of para-hydroxylation sites is 1. The Kier molecular flexibility index (Phi) is 4.22. The standard InChI is InChI=1S/C21H16ClN7O/c1-12-5-4-7-14-17(12)21(30)29(15-8-3-2-6-13(15)22)16(27-14)9-28-11-26-18-19(23)24-10-25-20(18)28/h2-8,10-11H,9H2,1H3,(H2,23,24,25). The van der Waals surface area contributed by atoms with Crippen LogP contribution in [0.25, 0.3) is 27.8 Å². The van der Waals surface area contributed by atoms with Crippen LogP contribution in [0.4, 0.5) is 5.82 Å². The van der Waals surface area contributed by atoms with E-state index in [1.54, 1.807) is 27.6 Å². The lowest BCUT2D eigenvalue weighted by atomic mass is 10.1. The summed E-state index contributed by atoms with van der Waals surface area (Å²) in [6.45, 7) is 2.14. The van der Waals surface area contributed by atoms with Crippen LogP contribution in [-0.4, -0.2) is 29.1 Å². The van der Waals surface area contributed by atoms with Crippen molar-refractivity contribution in [2.24, 2.45) is 0 Å². The van der Waals surface area contributed by atoms with Gasteiger partial charge in [0.2, 0.25) is 0 Å². The molecule has 30 heavy (non-hydrogen) atoms. The first-order valence-corrected chi connectivity index (χ1v) is 9.60. The highest BCUT2D eigenvalue weighted by Crippen LogP contribution is 2.23. The van der Waals surface area contributed by atoms with Crippen molar-refractivity contribution >= 4 is 39.5 Å². The highest BCUT2D eigenvalue weighted by Gasteiger charge is 2.18. The number of fused-ring (bicyclic) bond motifs is 2. The van der Waals surface area contributed by atoms with E-state index in [1.807, 2.05) is 37.3 Å². The van der Waals surface area contributed by atoms with Gasteiger partial charge in [0.1, 0.15) is 17.7 Å². The van der Waals surface area contributed by atoms with Crippen LogP contribution >= 0.6 is 11.6 Å². The maximum atomic E-state index is 13.6. The number of aromatic nitrogens is 6. The number of hydrogen-bond donors (Lipinski definition) is 1. The van der Waals surface area contributed by atoms with Gasteiger partial charge in [-0.05, 0) is 30.7 Å². The van der Waals surface area contributed by atoms with Crippen LogP contribution in [-0.2, 0) is 6.54 Å². The summed E-state index contributed by atoms with van der Waals surface area (Å²) in [5.41, 5.74) is 8.83. The molecule has 0 unspecified atom stereocenters. The second-order valence-corrected chi connectivity index (χ2v) is 7.30. The number of nitrogens with two attached hydrogens (primary N) is 1. The minimum atomic E-state index is -0.181. The quantitative estimate of drug-likeness (QED) is 0.483. The molecule has 0 saturated heterocycles. The summed E-state index contributed by atoms with van der Waals surface area (Å²) in [5.74, 6) is 0.798. The van der Waals surface area contributed by atoms with Gasteiger partial charge < -0.3 is 10.3 Å². The summed E-state index contributed by atoms with van der Waals surface area (Å²) in [5, 5.41) is 1.01. The molecule has 0 amide bonds. The van der Waals surface area contributed by atoms with E-state index in [0.29, 0.717) is 44.4 Å². The normalized spacial score (nSPS) is 11.4. The molecule has 148 valence electrons. The second kappa shape index (κ2) is 6.93. The van der Waals surface area contributed by atoms with Crippen molar-refractivity contribution < 1.29 is 0 Å². The number of hydrogen-bond acceptors (Lipinski definition) is 6. The molecule has 0 aliphatic carbocycles. The zero-order valence-electron chi connectivity index (χ0n) is 16.0. The zero-order chi connectivity index (χ0) is 20.8. The van der Waals surface area contributed by atoms with Crippen molar-refractivity contribution in [2.75, 3.05) is 5.73 Å². The lowest BCUT2D eigenvalue weighted by molar-refractivity contribution is 0.718. The van der Waals surface area contributed by atoms with Crippen molar-refractivity contribution in [1.29, 1.82) is 0 Å². The molecule has 0 aliphatic heterocycles. The third kappa shape index (κ3) is 2.81. The number of benzene rings is 2. The first-order valence-electron chi connectivity index (χ1n) is 9.22. The van der Waals surface area contributed by atoms with E-state index in [-0.39, 0.29) is 12.1 Å². The fraction of sp³-hybridized carbons (Fsp3) is 0.0952. The summed E-state index contributed by atoms with van der Waals surface area (Å²) in [6, 6.07) is 12.8. The maximum Gasteiger partial charge on any atom is 0.266 e. The van der Waals surface area contributed by atoms with E-state index in [1.165, 1.54) is 6.33 Å². The van der Waals surface area contributed by atoms with Gasteiger partial charge in [-0.3, -0.25) is 9.36 Å². The Morgan fingerprint density at radius 2 is 1.90 bits per heavy atom. The molecule has 3 aromatic heterocycles. The molecule has 0 atom stereocenters. The first kappa shape index (κ1) is 18.3. The lowest BCUT2D eigenvalue weighted by Crippen LogP contribution is -2.26. The fourth-order valence-corrected chi connectivity index (χ4v) is 3.82. The number of nitrogens with zero attached hydrogens (tertiary/aromatic N) is 6. The third-order valence-electron chi connectivity index (χ3n) is 5.01. The van der Waals surface area contributed by atoms with E-state index >= 15 is 0 Å². The van der Waals surface area contributed by atoms with Gasteiger partial charge in [0, 0.05) is 0 Å². The molecular formula is C21H16ClN7O. The number of halogens is 1. The molecule has 0 aliphatic rings. The van der Waals surface area contributed by atoms with Crippen molar-refractivity contribution in [1.82, 2.24) is 29.1 Å². The molecule has 0 bridgehead atoms. The molecule has 0 fully saturated rings. The second-order valence-electron chi connectivity index (χ2n) is 6.89. The van der Waals surface area contributed by atoms with Gasteiger partial charge >= 0.3 is 0 Å². The monoisotopic (exact) mass is 417 g/mol. The Hall–Kier alpha value is -3.78. The van der Waals surface area contributed by atoms with Crippen molar-refractivity contribution in [3.05, 3.63) is 81.9 Å². The SMILES string of the molecule is Cc1cccc2nc(Cn3cnc4c(N)ncnc43)n(-c3ccccc3Cl)c(=O)c12. The van der Waals surface area contributed by atoms with Crippen molar-refractivity contribution in [2.45, 2.75) is 13.5 Å². The largest absolute Gasteiger partial charge is 0.382 e. The number of aryl methyl sites for hydroxylation is 1. The molecule has 5 aromatic rings. The molecular weight excluding hydrogens is 402 g/mol. The van der Waals surface area contributed by atoms with Gasteiger partial charge in [-0.25, -0.2) is 19.9 Å². The Morgan fingerprint density at radius 3 is 2.73 bits per heavy atom. The summed E-state index contributed by atoms with van der Waals surface area (Å²) in [6.07, 6.45) is 2.99. The minimum Gasteiger partial charge on any atom is -0.382 e. The van der Waals surface area contributed by atoms with E-state index in [0.717, 1.165) is 5.56 Å². The highest BCUT2D eigenvalue weighted by atomic mass is 35.5. The van der Waals surface area contributed by atoms with Crippen LogP contribution < -0.4 is 11.3 Å². The molecule has 0 saturated carbocycles. The van der Waals surface area contributed by atoms with Crippen LogP contribution in [0.2, 0.25) is 5.02 Å². The third-order valence-corrected chi connectivity index (χ3v) is 5.33. The summed E-state index contributed by atoms with van der Waals surface area (Å²) in [7, 11) is 0. The molecule has 2 aromatic carbocycles. The first-order chi connectivity index (χ1) is 14.5. The van der Waals surface area contributed by atoms with Crippen molar-refractivity contribution in [3.8, 4) is 5.69 Å². The van der Waals surface area contributed by atoms with Gasteiger partial charge in [0.15, 0.2) is 11.5 Å². The number of nitrogen functional groups attached to an aromatic ring is 1. The summed E-state index contributed by atoms with van der Waals surface area (Å²) in [4.78, 5) is 30.9. The van der Waals surface area contributed by atoms with E-state index in [9.17, 15) is 4.79 Å². The maximum absolute atomic E-state index is 13.6. The van der Waals surface area contributed by atoms with E-state index in [2.05, 4.69) is 15.0 Å². The van der Waals surface area contributed by atoms with Crippen LogP contribution in [0.3, 0.4) is 0 Å². The molecule has 9 heteroatoms. The Morgan fingerprint density at radius 1 is 1.07 bits per heavy atom. The number of rotatable bonds is 3. The number of imidazole rings is 1. The smallest absolute Gasteiger partial charge is 0.266 e. The zero-order valence-corrected chi connectivity index (χ0v) is 16.7. The molecule has 8 nitrogen and oxygen atoms in total. The van der Waals surface area contributed by atoms with E-state index < -0.39 is 0 Å². The van der Waals surface area contributed by atoms with Crippen molar-refractivity contribution in [3.63, 3.8) is 0 Å². The van der Waals surface area contributed by atoms with E-state index in [4.69, 9.17) is 22.3 Å². The van der Waals surface area contributed by atoms with Gasteiger partial charge in [0.05, 0.1) is 34.5 Å².